The van der Waals surface area contributed by atoms with Crippen molar-refractivity contribution >= 4 is 30.9 Å². The summed E-state index contributed by atoms with van der Waals surface area (Å²) in [4.78, 5) is 0. The Morgan fingerprint density at radius 2 is 0.760 bits per heavy atom. The van der Waals surface area contributed by atoms with Gasteiger partial charge in [0.1, 0.15) is 7.14 Å². The van der Waals surface area contributed by atoms with Gasteiger partial charge >= 0.3 is 0 Å². The second-order valence-corrected chi connectivity index (χ2v) is 28.7. The van der Waals surface area contributed by atoms with Gasteiger partial charge < -0.3 is 4.57 Å². The molecule has 0 aliphatic carbocycles. The van der Waals surface area contributed by atoms with Crippen LogP contribution in [0.15, 0.2) is 0 Å². The van der Waals surface area contributed by atoms with Crippen molar-refractivity contribution in [2.75, 3.05) is 0 Å². The monoisotopic (exact) mass is 416 g/mol. The molecule has 0 amide bonds. The maximum absolute atomic E-state index is 15.2. The first kappa shape index (κ1) is 18.5. The molecule has 0 aromatic carbocycles. The van der Waals surface area contributed by atoms with Gasteiger partial charge in [-0.15, -0.1) is 0 Å². The van der Waals surface area contributed by atoms with Crippen molar-refractivity contribution < 1.29 is 4.57 Å². The van der Waals surface area contributed by atoms with E-state index in [0.29, 0.717) is 24.0 Å². The lowest BCUT2D eigenvalue weighted by molar-refractivity contribution is 0.220. The van der Waals surface area contributed by atoms with E-state index in [9.17, 15) is 0 Å². The molecule has 0 bridgehead atoms. The van der Waals surface area contributed by atoms with E-state index >= 15 is 4.57 Å². The summed E-state index contributed by atoms with van der Waals surface area (Å²) in [6, 6.07) is 0. The highest BCUT2D eigenvalue weighted by molar-refractivity contribution is 8.54. The molecule has 1 nitrogen and oxygen atoms in total. The zero-order valence-corrected chi connectivity index (χ0v) is 21.8. The highest BCUT2D eigenvalue weighted by atomic mass is 31.5. The smallest absolute Gasteiger partial charge is 0.132 e. The first-order valence-electron chi connectivity index (χ1n) is 9.87. The molecule has 0 aromatic heterocycles. The molecule has 0 spiro atoms. The van der Waals surface area contributed by atoms with Crippen LogP contribution in [0.2, 0.25) is 0 Å². The SMILES string of the molecule is CC(C)(C)C12P3C4(C(C)(C)C)P1C1(C(C)(C)C)P2C3(C(C)(C)C)P41=O. The summed E-state index contributed by atoms with van der Waals surface area (Å²) in [6.07, 6.45) is 0. The fourth-order valence-electron chi connectivity index (χ4n) is 8.22. The van der Waals surface area contributed by atoms with Gasteiger partial charge in [-0.1, -0.05) is 107 Å². The molecule has 6 heterocycles. The minimum absolute atomic E-state index is 0.0731. The van der Waals surface area contributed by atoms with Gasteiger partial charge in [0.25, 0.3) is 0 Å². The van der Waals surface area contributed by atoms with Crippen LogP contribution in [-0.2, 0) is 4.57 Å². The van der Waals surface area contributed by atoms with Gasteiger partial charge in [-0.3, -0.25) is 0 Å². The molecule has 142 valence electrons. The van der Waals surface area contributed by atoms with Crippen LogP contribution in [0.25, 0.3) is 0 Å². The predicted molar refractivity (Wildman–Crippen MR) is 117 cm³/mol. The Morgan fingerprint density at radius 1 is 0.520 bits per heavy atom. The molecule has 0 saturated carbocycles. The molecular formula is C20H36OP4. The van der Waals surface area contributed by atoms with E-state index in [1.807, 2.05) is 0 Å². The number of hydrogen-bond acceptors (Lipinski definition) is 1. The first-order chi connectivity index (χ1) is 10.8. The molecule has 6 aliphatic heterocycles. The van der Waals surface area contributed by atoms with Crippen molar-refractivity contribution in [3.8, 4) is 0 Å². The van der Waals surface area contributed by atoms with Crippen molar-refractivity contribution in [1.29, 1.82) is 0 Å². The Kier molecular flexibility index (Phi) is 2.73. The minimum atomic E-state index is -2.13. The van der Waals surface area contributed by atoms with Crippen LogP contribution in [0.5, 0.6) is 0 Å². The van der Waals surface area contributed by atoms with E-state index in [0.717, 1.165) is 0 Å². The molecule has 0 unspecified atom stereocenters. The third-order valence-electron chi connectivity index (χ3n) is 8.15. The zero-order valence-electron chi connectivity index (χ0n) is 18.2. The van der Waals surface area contributed by atoms with Crippen LogP contribution in [0.1, 0.15) is 83.1 Å². The van der Waals surface area contributed by atoms with Gasteiger partial charge in [-0.05, 0) is 21.7 Å². The molecule has 25 heavy (non-hydrogen) atoms. The minimum Gasteiger partial charge on any atom is -0.320 e. The van der Waals surface area contributed by atoms with Crippen LogP contribution >= 0.6 is 30.9 Å². The van der Waals surface area contributed by atoms with Gasteiger partial charge in [0.2, 0.25) is 0 Å². The van der Waals surface area contributed by atoms with Crippen molar-refractivity contribution in [2.24, 2.45) is 21.7 Å². The molecular weight excluding hydrogens is 380 g/mol. The number of rotatable bonds is 0. The Bertz CT molecular complexity index is 677. The first-order valence-corrected chi connectivity index (χ1v) is 15.6. The summed E-state index contributed by atoms with van der Waals surface area (Å²) in [7, 11) is -2.35. The van der Waals surface area contributed by atoms with Gasteiger partial charge in [-0.25, -0.2) is 0 Å². The average Bonchev–Trinajstić information content (AvgIpc) is 2.31. The lowest BCUT2D eigenvalue weighted by Gasteiger charge is -3.22. The molecule has 0 radical (unpaired) electrons. The molecule has 0 atom stereocenters. The van der Waals surface area contributed by atoms with Gasteiger partial charge in [0, 0.05) is 4.64 Å². The van der Waals surface area contributed by atoms with Gasteiger partial charge in [0.15, 0.2) is 0 Å². The fraction of sp³-hybridized carbons (Fsp3) is 1.00. The van der Waals surface area contributed by atoms with Crippen LogP contribution < -0.4 is 0 Å². The standard InChI is InChI=1S/C20H36OP4/c1-13(2,3)17-22-18(14(4,5)6)23(17)20(16(10,11)12)24(17)19(22,15(7,8)9)25(18,20)21/h1-12H3. The summed E-state index contributed by atoms with van der Waals surface area (Å²) in [5.41, 5.74) is 1.13. The second kappa shape index (κ2) is 3.69. The summed E-state index contributed by atoms with van der Waals surface area (Å²) in [6.45, 7) is 29.5. The highest BCUT2D eigenvalue weighted by Crippen LogP contribution is 3.56. The molecule has 6 aliphatic rings. The van der Waals surface area contributed by atoms with E-state index in [1.165, 1.54) is 0 Å². The van der Waals surface area contributed by atoms with E-state index < -0.39 is 7.14 Å². The summed E-state index contributed by atoms with van der Waals surface area (Å²) < 4.78 is 16.7. The topological polar surface area (TPSA) is 17.1 Å². The van der Waals surface area contributed by atoms with Crippen molar-refractivity contribution in [3.05, 3.63) is 0 Å². The van der Waals surface area contributed by atoms with Crippen LogP contribution in [0, 0.1) is 21.7 Å². The van der Waals surface area contributed by atoms with E-state index in [2.05, 4.69) is 83.1 Å². The largest absolute Gasteiger partial charge is 0.320 e. The zero-order chi connectivity index (χ0) is 19.2. The molecule has 5 heteroatoms. The summed E-state index contributed by atoms with van der Waals surface area (Å²) in [5.74, 6) is 0. The molecule has 0 N–H and O–H groups in total. The normalized spacial score (nSPS) is 60.6. The Labute approximate surface area is 158 Å². The summed E-state index contributed by atoms with van der Waals surface area (Å²) in [5, 5.41) is 0. The quantitative estimate of drug-likeness (QED) is 0.361. The maximum atomic E-state index is 15.2. The molecule has 0 aromatic rings. The molecule has 6 rings (SSSR count). The van der Waals surface area contributed by atoms with E-state index in [-0.39, 0.29) is 40.0 Å². The summed E-state index contributed by atoms with van der Waals surface area (Å²) >= 11 is 0. The maximum Gasteiger partial charge on any atom is 0.132 e. The Hall–Kier alpha value is 1.52. The highest BCUT2D eigenvalue weighted by Gasteiger charge is 3.28. The van der Waals surface area contributed by atoms with Gasteiger partial charge in [0.05, 0.1) is 13.9 Å². The van der Waals surface area contributed by atoms with Crippen LogP contribution in [0.4, 0.5) is 0 Å². The molecule has 6 saturated heterocycles. The lowest BCUT2D eigenvalue weighted by atomic mass is 9.95. The number of hydrogen-bond donors (Lipinski definition) is 0. The average molecular weight is 416 g/mol. The molecule has 6 fully saturated rings. The van der Waals surface area contributed by atoms with Crippen LogP contribution in [0.3, 0.4) is 0 Å². The third-order valence-corrected chi connectivity index (χ3v) is 40.3. The van der Waals surface area contributed by atoms with Crippen molar-refractivity contribution in [2.45, 2.75) is 102 Å². The van der Waals surface area contributed by atoms with Crippen LogP contribution in [-0.4, -0.2) is 18.6 Å². The van der Waals surface area contributed by atoms with Crippen molar-refractivity contribution in [3.63, 3.8) is 0 Å². The predicted octanol–water partition coefficient (Wildman–Crippen LogP) is 8.66. The fourth-order valence-corrected chi connectivity index (χ4v) is 59.9. The Balaban J connectivity index is 1.83. The van der Waals surface area contributed by atoms with E-state index in [4.69, 9.17) is 0 Å². The van der Waals surface area contributed by atoms with E-state index in [1.54, 1.807) is 0 Å². The second-order valence-electron chi connectivity index (χ2n) is 13.2. The lowest BCUT2D eigenvalue weighted by Crippen LogP contribution is -3.02. The van der Waals surface area contributed by atoms with Gasteiger partial charge in [-0.2, -0.15) is 0 Å². The Morgan fingerprint density at radius 3 is 0.920 bits per heavy atom. The van der Waals surface area contributed by atoms with Crippen molar-refractivity contribution in [1.82, 2.24) is 0 Å². The third kappa shape index (κ3) is 1.01.